The number of carbonyl (C=O) groups is 1. The third-order valence-corrected chi connectivity index (χ3v) is 3.47. The molecule has 0 spiro atoms. The second-order valence-electron chi connectivity index (χ2n) is 5.79. The van der Waals surface area contributed by atoms with Crippen LogP contribution in [0.15, 0.2) is 0 Å². The third-order valence-electron chi connectivity index (χ3n) is 3.47. The van der Waals surface area contributed by atoms with Crippen molar-refractivity contribution in [2.75, 3.05) is 40.1 Å². The molecule has 0 amide bonds. The van der Waals surface area contributed by atoms with E-state index >= 15 is 0 Å². The van der Waals surface area contributed by atoms with Gasteiger partial charge in [0.15, 0.2) is 0 Å². The van der Waals surface area contributed by atoms with Gasteiger partial charge in [-0.3, -0.25) is 5.32 Å². The molecule has 1 N–H and O–H groups in total. The fourth-order valence-corrected chi connectivity index (χ4v) is 2.35. The first-order valence-corrected chi connectivity index (χ1v) is 7.55. The molecule has 0 aromatic carbocycles. The summed E-state index contributed by atoms with van der Waals surface area (Å²) in [5, 5.41) is 3.28. The Kier molecular flexibility index (Phi) is 7.48. The zero-order valence-corrected chi connectivity index (χ0v) is 13.2. The predicted octanol–water partition coefficient (Wildman–Crippen LogP) is 1.61. The van der Waals surface area contributed by atoms with Crippen LogP contribution in [0.2, 0.25) is 0 Å². The summed E-state index contributed by atoms with van der Waals surface area (Å²) in [6.45, 7) is 9.09. The Morgan fingerprint density at radius 1 is 1.30 bits per heavy atom. The summed E-state index contributed by atoms with van der Waals surface area (Å²) in [6, 6.07) is 0. The van der Waals surface area contributed by atoms with E-state index in [2.05, 4.69) is 19.2 Å². The van der Waals surface area contributed by atoms with E-state index in [-0.39, 0.29) is 5.97 Å². The van der Waals surface area contributed by atoms with Crippen molar-refractivity contribution in [1.82, 2.24) is 5.32 Å². The van der Waals surface area contributed by atoms with Crippen LogP contribution < -0.4 is 5.32 Å². The number of hydrogen-bond donors (Lipinski definition) is 1. The van der Waals surface area contributed by atoms with Crippen molar-refractivity contribution in [3.8, 4) is 0 Å². The molecule has 0 saturated heterocycles. The van der Waals surface area contributed by atoms with Crippen molar-refractivity contribution < 1.29 is 19.0 Å². The van der Waals surface area contributed by atoms with Crippen molar-refractivity contribution in [3.05, 3.63) is 0 Å². The van der Waals surface area contributed by atoms with Crippen molar-refractivity contribution in [3.63, 3.8) is 0 Å². The monoisotopic (exact) mass is 287 g/mol. The summed E-state index contributed by atoms with van der Waals surface area (Å²) in [5.74, 6) is 0.633. The van der Waals surface area contributed by atoms with E-state index in [0.29, 0.717) is 31.7 Å². The molecule has 0 aliphatic heterocycles. The Morgan fingerprint density at radius 3 is 2.45 bits per heavy atom. The molecule has 0 heterocycles. The zero-order chi connectivity index (χ0) is 15.0. The first-order chi connectivity index (χ1) is 9.56. The standard InChI is InChI=1S/C15H29NO4/c1-5-16-15(13-6-7-13,14(17)18-4)11-20-9-8-19-10-12(2)3/h12-13,16H,5-11H2,1-4H3. The van der Waals surface area contributed by atoms with Crippen LogP contribution in [0.4, 0.5) is 0 Å². The number of methoxy groups -OCH3 is 1. The van der Waals surface area contributed by atoms with Crippen molar-refractivity contribution >= 4 is 5.97 Å². The quantitative estimate of drug-likeness (QED) is 0.462. The van der Waals surface area contributed by atoms with Gasteiger partial charge >= 0.3 is 5.97 Å². The average molecular weight is 287 g/mol. The van der Waals surface area contributed by atoms with Crippen LogP contribution in [-0.4, -0.2) is 51.6 Å². The van der Waals surface area contributed by atoms with Crippen LogP contribution in [0, 0.1) is 11.8 Å². The highest BCUT2D eigenvalue weighted by Crippen LogP contribution is 2.40. The second-order valence-corrected chi connectivity index (χ2v) is 5.79. The van der Waals surface area contributed by atoms with Gasteiger partial charge < -0.3 is 14.2 Å². The highest BCUT2D eigenvalue weighted by Gasteiger charge is 2.51. The van der Waals surface area contributed by atoms with Gasteiger partial charge in [0.1, 0.15) is 5.54 Å². The number of nitrogens with one attached hydrogen (secondary N) is 1. The lowest BCUT2D eigenvalue weighted by Crippen LogP contribution is -2.58. The molecule has 1 aliphatic carbocycles. The Bertz CT molecular complexity index is 292. The number of likely N-dealkylation sites (N-methyl/N-ethyl adjacent to an activating group) is 1. The summed E-state index contributed by atoms with van der Waals surface area (Å²) in [7, 11) is 1.43. The van der Waals surface area contributed by atoms with E-state index in [1.165, 1.54) is 7.11 Å². The molecule has 1 saturated carbocycles. The van der Waals surface area contributed by atoms with Crippen LogP contribution in [0.25, 0.3) is 0 Å². The second kappa shape index (κ2) is 8.60. The molecular formula is C15H29NO4. The van der Waals surface area contributed by atoms with Crippen molar-refractivity contribution in [2.45, 2.75) is 39.2 Å². The molecular weight excluding hydrogens is 258 g/mol. The number of carbonyl (C=O) groups excluding carboxylic acids is 1. The Morgan fingerprint density at radius 2 is 1.95 bits per heavy atom. The molecule has 0 radical (unpaired) electrons. The summed E-state index contributed by atoms with van der Waals surface area (Å²) in [5.41, 5.74) is -0.679. The average Bonchev–Trinajstić information content (AvgIpc) is 3.24. The van der Waals surface area contributed by atoms with Crippen LogP contribution in [-0.2, 0) is 19.0 Å². The lowest BCUT2D eigenvalue weighted by atomic mass is 9.94. The molecule has 1 aliphatic rings. The van der Waals surface area contributed by atoms with E-state index in [1.807, 2.05) is 6.92 Å². The maximum absolute atomic E-state index is 12.1. The van der Waals surface area contributed by atoms with Gasteiger partial charge in [-0.05, 0) is 31.2 Å². The molecule has 0 bridgehead atoms. The van der Waals surface area contributed by atoms with Crippen molar-refractivity contribution in [1.29, 1.82) is 0 Å². The van der Waals surface area contributed by atoms with E-state index in [9.17, 15) is 4.79 Å². The van der Waals surface area contributed by atoms with Gasteiger partial charge in [0.25, 0.3) is 0 Å². The first kappa shape index (κ1) is 17.4. The normalized spacial score (nSPS) is 18.1. The lowest BCUT2D eigenvalue weighted by molar-refractivity contribution is -0.153. The Balaban J connectivity index is 2.39. The number of hydrogen-bond acceptors (Lipinski definition) is 5. The summed E-state index contributed by atoms with van der Waals surface area (Å²) < 4.78 is 16.1. The molecule has 5 heteroatoms. The van der Waals surface area contributed by atoms with E-state index in [4.69, 9.17) is 14.2 Å². The van der Waals surface area contributed by atoms with Gasteiger partial charge in [-0.15, -0.1) is 0 Å². The molecule has 1 fully saturated rings. The van der Waals surface area contributed by atoms with Gasteiger partial charge in [0, 0.05) is 6.61 Å². The molecule has 0 aromatic rings. The smallest absolute Gasteiger partial charge is 0.328 e. The first-order valence-electron chi connectivity index (χ1n) is 7.55. The largest absolute Gasteiger partial charge is 0.468 e. The van der Waals surface area contributed by atoms with E-state index in [0.717, 1.165) is 26.0 Å². The fraction of sp³-hybridized carbons (Fsp3) is 0.933. The zero-order valence-electron chi connectivity index (χ0n) is 13.2. The van der Waals surface area contributed by atoms with Gasteiger partial charge in [-0.2, -0.15) is 0 Å². The van der Waals surface area contributed by atoms with Crippen molar-refractivity contribution in [2.24, 2.45) is 11.8 Å². The maximum atomic E-state index is 12.1. The SMILES string of the molecule is CCNC(COCCOCC(C)C)(C(=O)OC)C1CC1. The molecule has 118 valence electrons. The maximum Gasteiger partial charge on any atom is 0.328 e. The van der Waals surface area contributed by atoms with E-state index < -0.39 is 5.54 Å². The minimum atomic E-state index is -0.679. The molecule has 1 unspecified atom stereocenters. The van der Waals surface area contributed by atoms with Gasteiger partial charge in [-0.1, -0.05) is 20.8 Å². The van der Waals surface area contributed by atoms with Gasteiger partial charge in [0.2, 0.25) is 0 Å². The Labute approximate surface area is 122 Å². The molecule has 1 atom stereocenters. The minimum Gasteiger partial charge on any atom is -0.468 e. The van der Waals surface area contributed by atoms with Crippen LogP contribution in [0.3, 0.4) is 0 Å². The number of ether oxygens (including phenoxy) is 3. The lowest BCUT2D eigenvalue weighted by Gasteiger charge is -2.31. The predicted molar refractivity (Wildman–Crippen MR) is 77.6 cm³/mol. The topological polar surface area (TPSA) is 56.8 Å². The molecule has 1 rings (SSSR count). The third kappa shape index (κ3) is 5.04. The highest BCUT2D eigenvalue weighted by molar-refractivity contribution is 5.82. The molecule has 5 nitrogen and oxygen atoms in total. The summed E-state index contributed by atoms with van der Waals surface area (Å²) in [4.78, 5) is 12.1. The molecule has 0 aromatic heterocycles. The molecule has 20 heavy (non-hydrogen) atoms. The van der Waals surface area contributed by atoms with Crippen LogP contribution in [0.5, 0.6) is 0 Å². The summed E-state index contributed by atoms with van der Waals surface area (Å²) >= 11 is 0. The van der Waals surface area contributed by atoms with Crippen LogP contribution >= 0.6 is 0 Å². The van der Waals surface area contributed by atoms with Crippen LogP contribution in [0.1, 0.15) is 33.6 Å². The minimum absolute atomic E-state index is 0.218. The van der Waals surface area contributed by atoms with Gasteiger partial charge in [0.05, 0.1) is 26.9 Å². The number of rotatable bonds is 11. The Hall–Kier alpha value is -0.650. The highest BCUT2D eigenvalue weighted by atomic mass is 16.5. The van der Waals surface area contributed by atoms with E-state index in [1.54, 1.807) is 0 Å². The summed E-state index contributed by atoms with van der Waals surface area (Å²) in [6.07, 6.45) is 2.10. The number of esters is 1. The van der Waals surface area contributed by atoms with Gasteiger partial charge in [-0.25, -0.2) is 4.79 Å². The fourth-order valence-electron chi connectivity index (χ4n) is 2.35.